The molecule has 3 rings (SSSR count). The molecular weight excluding hydrogens is 322 g/mol. The first-order valence-electron chi connectivity index (χ1n) is 8.49. The standard InChI is InChI=1S/C18H23N3O4/c1-11(2)15-17(23)19(9-13-7-5-4-6-8-13)10-14-20(18(24)25)12(3)16(22)21(14)15/h4-8,11-12,14-15H,9-10H2,1-3H3,(H,24,25)/t12-,14+,15-/m0/s1. The van der Waals surface area contributed by atoms with Gasteiger partial charge in [-0.15, -0.1) is 0 Å². The van der Waals surface area contributed by atoms with E-state index in [0.717, 1.165) is 5.56 Å². The lowest BCUT2D eigenvalue weighted by molar-refractivity contribution is -0.156. The zero-order valence-corrected chi connectivity index (χ0v) is 14.6. The van der Waals surface area contributed by atoms with Gasteiger partial charge in [0.2, 0.25) is 11.8 Å². The van der Waals surface area contributed by atoms with Gasteiger partial charge in [0.05, 0.1) is 6.54 Å². The number of carbonyl (C=O) groups excluding carboxylic acids is 2. The number of carboxylic acid groups (broad SMARTS) is 1. The quantitative estimate of drug-likeness (QED) is 0.902. The zero-order chi connectivity index (χ0) is 18.3. The Morgan fingerprint density at radius 2 is 1.84 bits per heavy atom. The number of amides is 3. The highest BCUT2D eigenvalue weighted by Crippen LogP contribution is 2.33. The normalized spacial score (nSPS) is 26.4. The van der Waals surface area contributed by atoms with Crippen LogP contribution in [0.15, 0.2) is 30.3 Å². The van der Waals surface area contributed by atoms with E-state index in [4.69, 9.17) is 0 Å². The number of rotatable bonds is 3. The number of nitrogens with zero attached hydrogens (tertiary/aromatic N) is 3. The van der Waals surface area contributed by atoms with E-state index in [1.807, 2.05) is 44.2 Å². The molecule has 0 aliphatic carbocycles. The number of benzene rings is 1. The monoisotopic (exact) mass is 345 g/mol. The zero-order valence-electron chi connectivity index (χ0n) is 14.6. The molecule has 0 spiro atoms. The predicted octanol–water partition coefficient (Wildman–Crippen LogP) is 1.59. The van der Waals surface area contributed by atoms with Crippen molar-refractivity contribution in [3.05, 3.63) is 35.9 Å². The Hall–Kier alpha value is -2.57. The molecule has 2 aliphatic rings. The lowest BCUT2D eigenvalue weighted by atomic mass is 9.97. The first kappa shape index (κ1) is 17.3. The molecule has 134 valence electrons. The number of carbonyl (C=O) groups is 3. The van der Waals surface area contributed by atoms with E-state index < -0.39 is 24.3 Å². The van der Waals surface area contributed by atoms with E-state index in [-0.39, 0.29) is 24.3 Å². The van der Waals surface area contributed by atoms with Crippen LogP contribution >= 0.6 is 0 Å². The van der Waals surface area contributed by atoms with Crippen LogP contribution in [0.4, 0.5) is 4.79 Å². The summed E-state index contributed by atoms with van der Waals surface area (Å²) in [6.45, 7) is 5.95. The van der Waals surface area contributed by atoms with Gasteiger partial charge in [0, 0.05) is 6.54 Å². The van der Waals surface area contributed by atoms with Crippen molar-refractivity contribution in [2.45, 2.75) is 45.6 Å². The van der Waals surface area contributed by atoms with Crippen LogP contribution in [-0.2, 0) is 16.1 Å². The van der Waals surface area contributed by atoms with Gasteiger partial charge in [-0.2, -0.15) is 0 Å². The van der Waals surface area contributed by atoms with Gasteiger partial charge in [-0.3, -0.25) is 14.5 Å². The van der Waals surface area contributed by atoms with Crippen LogP contribution in [0.5, 0.6) is 0 Å². The molecule has 25 heavy (non-hydrogen) atoms. The first-order chi connectivity index (χ1) is 11.8. The van der Waals surface area contributed by atoms with Gasteiger partial charge in [-0.25, -0.2) is 4.79 Å². The smallest absolute Gasteiger partial charge is 0.409 e. The maximum atomic E-state index is 13.0. The van der Waals surface area contributed by atoms with Gasteiger partial charge >= 0.3 is 6.09 Å². The van der Waals surface area contributed by atoms with Crippen molar-refractivity contribution in [3.63, 3.8) is 0 Å². The third-order valence-corrected chi connectivity index (χ3v) is 4.99. The molecule has 0 aromatic heterocycles. The Bertz CT molecular complexity index is 691. The number of fused-ring (bicyclic) bond motifs is 1. The summed E-state index contributed by atoms with van der Waals surface area (Å²) in [5.74, 6) is -0.514. The molecular formula is C18H23N3O4. The van der Waals surface area contributed by atoms with E-state index in [9.17, 15) is 19.5 Å². The van der Waals surface area contributed by atoms with Crippen LogP contribution < -0.4 is 0 Å². The van der Waals surface area contributed by atoms with Crippen LogP contribution in [0.3, 0.4) is 0 Å². The molecule has 0 radical (unpaired) electrons. The SMILES string of the molecule is CC(C)[C@H]1C(=O)N(Cc2ccccc2)C[C@H]2N1C(=O)[C@H](C)N2C(=O)O. The maximum absolute atomic E-state index is 13.0. The third-order valence-electron chi connectivity index (χ3n) is 4.99. The maximum Gasteiger partial charge on any atom is 0.409 e. The molecule has 1 N–H and O–H groups in total. The Balaban J connectivity index is 1.95. The Kier molecular flexibility index (Phi) is 4.41. The van der Waals surface area contributed by atoms with Gasteiger partial charge < -0.3 is 14.9 Å². The predicted molar refractivity (Wildman–Crippen MR) is 90.4 cm³/mol. The lowest BCUT2D eigenvalue weighted by Gasteiger charge is -2.45. The van der Waals surface area contributed by atoms with Crippen LogP contribution in [0.2, 0.25) is 0 Å². The lowest BCUT2D eigenvalue weighted by Crippen LogP contribution is -2.64. The Morgan fingerprint density at radius 3 is 2.40 bits per heavy atom. The van der Waals surface area contributed by atoms with Crippen molar-refractivity contribution in [3.8, 4) is 0 Å². The van der Waals surface area contributed by atoms with E-state index in [1.54, 1.807) is 11.8 Å². The summed E-state index contributed by atoms with van der Waals surface area (Å²) in [4.78, 5) is 41.6. The van der Waals surface area contributed by atoms with E-state index in [1.165, 1.54) is 9.80 Å². The van der Waals surface area contributed by atoms with Crippen molar-refractivity contribution in [1.82, 2.24) is 14.7 Å². The van der Waals surface area contributed by atoms with Crippen molar-refractivity contribution >= 4 is 17.9 Å². The Morgan fingerprint density at radius 1 is 1.20 bits per heavy atom. The molecule has 3 amide bonds. The average molecular weight is 345 g/mol. The molecule has 0 unspecified atom stereocenters. The van der Waals surface area contributed by atoms with E-state index in [2.05, 4.69) is 0 Å². The molecule has 2 heterocycles. The van der Waals surface area contributed by atoms with Crippen molar-refractivity contribution in [2.24, 2.45) is 5.92 Å². The van der Waals surface area contributed by atoms with Crippen LogP contribution in [0.1, 0.15) is 26.3 Å². The summed E-state index contributed by atoms with van der Waals surface area (Å²) in [6, 6.07) is 8.17. The second-order valence-electron chi connectivity index (χ2n) is 6.99. The molecule has 1 aromatic carbocycles. The van der Waals surface area contributed by atoms with Crippen molar-refractivity contribution in [2.75, 3.05) is 6.54 Å². The molecule has 0 bridgehead atoms. The minimum atomic E-state index is -1.13. The summed E-state index contributed by atoms with van der Waals surface area (Å²) >= 11 is 0. The fourth-order valence-electron chi connectivity index (χ4n) is 3.81. The molecule has 2 fully saturated rings. The molecule has 0 saturated carbocycles. The molecule has 2 saturated heterocycles. The second kappa shape index (κ2) is 6.38. The highest BCUT2D eigenvalue weighted by molar-refractivity contribution is 5.95. The third kappa shape index (κ3) is 2.83. The molecule has 1 aromatic rings. The average Bonchev–Trinajstić information content (AvgIpc) is 2.80. The highest BCUT2D eigenvalue weighted by atomic mass is 16.4. The Labute approximate surface area is 146 Å². The van der Waals surface area contributed by atoms with Gasteiger partial charge in [0.25, 0.3) is 0 Å². The summed E-state index contributed by atoms with van der Waals surface area (Å²) in [5, 5.41) is 9.55. The number of piperazine rings is 1. The van der Waals surface area contributed by atoms with Crippen LogP contribution in [0.25, 0.3) is 0 Å². The first-order valence-corrected chi connectivity index (χ1v) is 8.49. The van der Waals surface area contributed by atoms with Crippen molar-refractivity contribution < 1.29 is 19.5 Å². The minimum absolute atomic E-state index is 0.0986. The minimum Gasteiger partial charge on any atom is -0.465 e. The van der Waals surface area contributed by atoms with Crippen molar-refractivity contribution in [1.29, 1.82) is 0 Å². The van der Waals surface area contributed by atoms with E-state index in [0.29, 0.717) is 6.54 Å². The fraction of sp³-hybridized carbons (Fsp3) is 0.500. The molecule has 7 heteroatoms. The molecule has 7 nitrogen and oxygen atoms in total. The number of hydrogen-bond donors (Lipinski definition) is 1. The van der Waals surface area contributed by atoms with Gasteiger partial charge in [-0.1, -0.05) is 44.2 Å². The van der Waals surface area contributed by atoms with Gasteiger partial charge in [0.1, 0.15) is 18.2 Å². The van der Waals surface area contributed by atoms with E-state index >= 15 is 0 Å². The summed E-state index contributed by atoms with van der Waals surface area (Å²) in [6.07, 6.45) is -1.77. The molecule has 3 atom stereocenters. The summed E-state index contributed by atoms with van der Waals surface area (Å²) < 4.78 is 0. The molecule has 2 aliphatic heterocycles. The summed E-state index contributed by atoms with van der Waals surface area (Å²) in [5.41, 5.74) is 0.978. The summed E-state index contributed by atoms with van der Waals surface area (Å²) in [7, 11) is 0. The highest BCUT2D eigenvalue weighted by Gasteiger charge is 2.55. The number of hydrogen-bond acceptors (Lipinski definition) is 3. The van der Waals surface area contributed by atoms with Crippen LogP contribution in [-0.4, -0.2) is 62.5 Å². The topological polar surface area (TPSA) is 81.2 Å². The largest absolute Gasteiger partial charge is 0.465 e. The second-order valence-corrected chi connectivity index (χ2v) is 6.99. The van der Waals surface area contributed by atoms with Crippen LogP contribution in [0, 0.1) is 5.92 Å². The van der Waals surface area contributed by atoms with Gasteiger partial charge in [0.15, 0.2) is 0 Å². The van der Waals surface area contributed by atoms with Gasteiger partial charge in [-0.05, 0) is 18.4 Å². The fourth-order valence-corrected chi connectivity index (χ4v) is 3.81.